The number of para-hydroxylation sites is 1. The van der Waals surface area contributed by atoms with Crippen molar-refractivity contribution in [1.29, 1.82) is 0 Å². The molecule has 0 atom stereocenters. The molecule has 0 bridgehead atoms. The molecule has 4 aromatic rings. The first kappa shape index (κ1) is 23.2. The molecule has 0 fully saturated rings. The summed E-state index contributed by atoms with van der Waals surface area (Å²) >= 11 is 0. The predicted octanol–water partition coefficient (Wildman–Crippen LogP) is 5.56. The van der Waals surface area contributed by atoms with Gasteiger partial charge in [-0.3, -0.25) is 14.2 Å². The van der Waals surface area contributed by atoms with Crippen LogP contribution in [0, 0.1) is 0 Å². The first-order valence-corrected chi connectivity index (χ1v) is 12.4. The third-order valence-electron chi connectivity index (χ3n) is 5.45. The van der Waals surface area contributed by atoms with E-state index in [1.165, 1.54) is 29.2 Å². The standard InChI is InChI=1S/C28H20N2O5S/c31-28-26(19-20-11-15-24(16-12-20)35-23-9-5-2-6-10-23)29-27(21-7-3-1-4-8-21)30(28)22-13-17-25(18-14-22)36(32,33)34/h1-19H,(H,32,33,34). The number of nitrogens with zero attached hydrogens (tertiary/aromatic N) is 2. The molecule has 5 rings (SSSR count). The Balaban J connectivity index is 1.47. The fourth-order valence-corrected chi connectivity index (χ4v) is 4.20. The van der Waals surface area contributed by atoms with Gasteiger partial charge in [0.05, 0.1) is 10.6 Å². The van der Waals surface area contributed by atoms with Crippen LogP contribution in [0.1, 0.15) is 11.1 Å². The van der Waals surface area contributed by atoms with Gasteiger partial charge in [0.1, 0.15) is 23.0 Å². The van der Waals surface area contributed by atoms with E-state index >= 15 is 0 Å². The van der Waals surface area contributed by atoms with Crippen LogP contribution < -0.4 is 9.64 Å². The van der Waals surface area contributed by atoms with E-state index in [4.69, 9.17) is 4.74 Å². The third-order valence-corrected chi connectivity index (χ3v) is 6.32. The van der Waals surface area contributed by atoms with Gasteiger partial charge in [-0.05, 0) is 60.2 Å². The molecule has 1 N–H and O–H groups in total. The van der Waals surface area contributed by atoms with Crippen molar-refractivity contribution in [3.05, 3.63) is 126 Å². The zero-order valence-electron chi connectivity index (χ0n) is 18.9. The van der Waals surface area contributed by atoms with Crippen LogP contribution in [0.5, 0.6) is 11.5 Å². The second-order valence-corrected chi connectivity index (χ2v) is 9.35. The van der Waals surface area contributed by atoms with Crippen molar-refractivity contribution in [2.45, 2.75) is 4.90 Å². The second-order valence-electron chi connectivity index (χ2n) is 7.92. The van der Waals surface area contributed by atoms with Crippen LogP contribution in [0.15, 0.2) is 125 Å². The molecule has 4 aromatic carbocycles. The second kappa shape index (κ2) is 9.61. The Hall–Kier alpha value is -4.53. The summed E-state index contributed by atoms with van der Waals surface area (Å²) in [6.07, 6.45) is 1.68. The first-order chi connectivity index (χ1) is 17.4. The van der Waals surface area contributed by atoms with E-state index in [1.807, 2.05) is 84.9 Å². The van der Waals surface area contributed by atoms with Gasteiger partial charge in [-0.2, -0.15) is 8.42 Å². The number of carbonyl (C=O) groups excluding carboxylic acids is 1. The summed E-state index contributed by atoms with van der Waals surface area (Å²) in [6, 6.07) is 31.3. The van der Waals surface area contributed by atoms with E-state index in [-0.39, 0.29) is 16.5 Å². The zero-order valence-corrected chi connectivity index (χ0v) is 19.7. The minimum Gasteiger partial charge on any atom is -0.457 e. The van der Waals surface area contributed by atoms with Crippen LogP contribution in [0.2, 0.25) is 0 Å². The van der Waals surface area contributed by atoms with E-state index in [9.17, 15) is 17.8 Å². The Morgan fingerprint density at radius 3 is 1.94 bits per heavy atom. The van der Waals surface area contributed by atoms with Crippen LogP contribution >= 0.6 is 0 Å². The highest BCUT2D eigenvalue weighted by Crippen LogP contribution is 2.29. The minimum atomic E-state index is -4.35. The number of ether oxygens (including phenoxy) is 1. The van der Waals surface area contributed by atoms with E-state index < -0.39 is 10.1 Å². The van der Waals surface area contributed by atoms with Crippen LogP contribution in [-0.4, -0.2) is 24.7 Å². The smallest absolute Gasteiger partial charge is 0.294 e. The lowest BCUT2D eigenvalue weighted by atomic mass is 10.1. The van der Waals surface area contributed by atoms with Gasteiger partial charge in [0.15, 0.2) is 0 Å². The van der Waals surface area contributed by atoms with Gasteiger partial charge < -0.3 is 4.74 Å². The zero-order chi connectivity index (χ0) is 25.1. The highest BCUT2D eigenvalue weighted by atomic mass is 32.2. The van der Waals surface area contributed by atoms with E-state index in [1.54, 1.807) is 6.08 Å². The van der Waals surface area contributed by atoms with Crippen molar-refractivity contribution in [1.82, 2.24) is 0 Å². The van der Waals surface area contributed by atoms with Crippen LogP contribution in [-0.2, 0) is 14.9 Å². The summed E-state index contributed by atoms with van der Waals surface area (Å²) in [5.41, 5.74) is 2.13. The lowest BCUT2D eigenvalue weighted by Crippen LogP contribution is -2.32. The quantitative estimate of drug-likeness (QED) is 0.278. The third kappa shape index (κ3) is 4.95. The molecule has 0 unspecified atom stereocenters. The van der Waals surface area contributed by atoms with Gasteiger partial charge in [0, 0.05) is 5.56 Å². The topological polar surface area (TPSA) is 96.3 Å². The largest absolute Gasteiger partial charge is 0.457 e. The molecule has 36 heavy (non-hydrogen) atoms. The van der Waals surface area contributed by atoms with Gasteiger partial charge in [-0.15, -0.1) is 0 Å². The molecule has 0 aromatic heterocycles. The fourth-order valence-electron chi connectivity index (χ4n) is 3.72. The number of amidine groups is 1. The maximum Gasteiger partial charge on any atom is 0.294 e. The molecule has 0 saturated carbocycles. The summed E-state index contributed by atoms with van der Waals surface area (Å²) < 4.78 is 38.0. The lowest BCUT2D eigenvalue weighted by Gasteiger charge is -2.18. The first-order valence-electron chi connectivity index (χ1n) is 11.0. The summed E-state index contributed by atoms with van der Waals surface area (Å²) in [5, 5.41) is 0. The number of anilines is 1. The van der Waals surface area contributed by atoms with E-state index in [0.717, 1.165) is 16.9 Å². The van der Waals surface area contributed by atoms with Gasteiger partial charge in [-0.25, -0.2) is 4.99 Å². The Morgan fingerprint density at radius 2 is 1.33 bits per heavy atom. The molecule has 1 heterocycles. The summed E-state index contributed by atoms with van der Waals surface area (Å²) in [4.78, 5) is 19.2. The fraction of sp³-hybridized carbons (Fsp3) is 0. The molecule has 0 saturated heterocycles. The molecule has 0 radical (unpaired) electrons. The van der Waals surface area contributed by atoms with E-state index in [0.29, 0.717) is 17.3 Å². The molecule has 1 aliphatic heterocycles. The normalized spacial score (nSPS) is 14.7. The highest BCUT2D eigenvalue weighted by Gasteiger charge is 2.32. The Labute approximate surface area is 208 Å². The van der Waals surface area contributed by atoms with Crippen molar-refractivity contribution in [2.24, 2.45) is 4.99 Å². The number of rotatable bonds is 6. The van der Waals surface area contributed by atoms with Gasteiger partial charge in [0.2, 0.25) is 0 Å². The van der Waals surface area contributed by atoms with Gasteiger partial charge in [0.25, 0.3) is 16.0 Å². The molecule has 0 aliphatic carbocycles. The van der Waals surface area contributed by atoms with Crippen LogP contribution in [0.4, 0.5) is 5.69 Å². The predicted molar refractivity (Wildman–Crippen MR) is 138 cm³/mol. The molecule has 7 nitrogen and oxygen atoms in total. The maximum atomic E-state index is 13.4. The minimum absolute atomic E-state index is 0.226. The van der Waals surface area contributed by atoms with E-state index in [2.05, 4.69) is 4.99 Å². The van der Waals surface area contributed by atoms with Gasteiger partial charge in [-0.1, -0.05) is 60.7 Å². The van der Waals surface area contributed by atoms with Crippen LogP contribution in [0.25, 0.3) is 6.08 Å². The lowest BCUT2D eigenvalue weighted by molar-refractivity contribution is -0.113. The SMILES string of the molecule is O=C1C(=Cc2ccc(Oc3ccccc3)cc2)N=C(c2ccccc2)N1c1ccc(S(=O)(=O)O)cc1. The van der Waals surface area contributed by atoms with Crippen molar-refractivity contribution in [3.8, 4) is 11.5 Å². The van der Waals surface area contributed by atoms with Crippen LogP contribution in [0.3, 0.4) is 0 Å². The number of hydrogen-bond acceptors (Lipinski definition) is 5. The molecule has 0 spiro atoms. The molecule has 1 amide bonds. The average Bonchev–Trinajstić information content (AvgIpc) is 3.21. The highest BCUT2D eigenvalue weighted by molar-refractivity contribution is 7.85. The van der Waals surface area contributed by atoms with Crippen molar-refractivity contribution in [2.75, 3.05) is 4.90 Å². The summed E-state index contributed by atoms with van der Waals surface area (Å²) in [6.45, 7) is 0. The number of aliphatic imine (C=N–C) groups is 1. The number of carbonyl (C=O) groups is 1. The molecular formula is C28H20N2O5S. The molecule has 8 heteroatoms. The monoisotopic (exact) mass is 496 g/mol. The van der Waals surface area contributed by atoms with Crippen molar-refractivity contribution >= 4 is 33.6 Å². The summed E-state index contributed by atoms with van der Waals surface area (Å²) in [5.74, 6) is 1.44. The van der Waals surface area contributed by atoms with Gasteiger partial charge >= 0.3 is 0 Å². The number of benzene rings is 4. The number of hydrogen-bond donors (Lipinski definition) is 1. The summed E-state index contributed by atoms with van der Waals surface area (Å²) in [7, 11) is -4.35. The Bertz CT molecular complexity index is 1560. The number of amides is 1. The van der Waals surface area contributed by atoms with Crippen molar-refractivity contribution in [3.63, 3.8) is 0 Å². The molecule has 178 valence electrons. The molecule has 1 aliphatic rings. The Kier molecular flexibility index (Phi) is 6.20. The maximum absolute atomic E-state index is 13.4. The van der Waals surface area contributed by atoms with Crippen molar-refractivity contribution < 1.29 is 22.5 Å². The molecular weight excluding hydrogens is 476 g/mol. The average molecular weight is 497 g/mol. The Morgan fingerprint density at radius 1 is 0.750 bits per heavy atom.